The van der Waals surface area contributed by atoms with Gasteiger partial charge in [0, 0.05) is 35.1 Å². The van der Waals surface area contributed by atoms with Gasteiger partial charge in [-0.3, -0.25) is 0 Å². The maximum atomic E-state index is 12.5. The van der Waals surface area contributed by atoms with Gasteiger partial charge >= 0.3 is 5.97 Å². The Kier molecular flexibility index (Phi) is 5.87. The van der Waals surface area contributed by atoms with Crippen molar-refractivity contribution >= 4 is 35.1 Å². The molecule has 3 aromatic rings. The van der Waals surface area contributed by atoms with Crippen molar-refractivity contribution in [2.75, 3.05) is 19.5 Å². The van der Waals surface area contributed by atoms with Crippen molar-refractivity contribution in [1.29, 1.82) is 0 Å². The first kappa shape index (κ1) is 21.2. The molecule has 1 aliphatic heterocycles. The van der Waals surface area contributed by atoms with E-state index in [1.807, 2.05) is 18.2 Å². The van der Waals surface area contributed by atoms with Gasteiger partial charge in [0.15, 0.2) is 11.5 Å². The molecule has 162 valence electrons. The van der Waals surface area contributed by atoms with Crippen LogP contribution in [0.25, 0.3) is 21.9 Å². The molecule has 0 radical (unpaired) electrons. The number of rotatable bonds is 5. The average Bonchev–Trinajstić information content (AvgIpc) is 3.41. The number of benzene rings is 2. The molecule has 1 aliphatic carbocycles. The molecule has 0 saturated heterocycles. The molecular weight excluding hydrogens is 418 g/mol. The minimum absolute atomic E-state index is 0. The van der Waals surface area contributed by atoms with Gasteiger partial charge in [-0.25, -0.2) is 14.8 Å². The van der Waals surface area contributed by atoms with E-state index in [0.717, 1.165) is 40.3 Å². The molecule has 1 saturated carbocycles. The first-order valence-electron chi connectivity index (χ1n) is 10.2. The number of nitrogens with zero attached hydrogens (tertiary/aromatic N) is 2. The molecule has 31 heavy (non-hydrogen) atoms. The molecule has 0 unspecified atom stereocenters. The van der Waals surface area contributed by atoms with Crippen LogP contribution in [0, 0.1) is 0 Å². The SMILES string of the molecule is COc1cc2cc3c(c(-c4cnc(NC5CCCC5)nc4)c2cc1OC)C(=O)OC3.Cl. The lowest BCUT2D eigenvalue weighted by atomic mass is 9.91. The second-order valence-corrected chi connectivity index (χ2v) is 7.71. The summed E-state index contributed by atoms with van der Waals surface area (Å²) in [6, 6.07) is 6.21. The monoisotopic (exact) mass is 441 g/mol. The number of cyclic esters (lactones) is 1. The van der Waals surface area contributed by atoms with Crippen LogP contribution < -0.4 is 14.8 Å². The van der Waals surface area contributed by atoms with Crippen molar-refractivity contribution < 1.29 is 19.0 Å². The number of ether oxygens (including phenoxy) is 3. The Labute approximate surface area is 186 Å². The highest BCUT2D eigenvalue weighted by atomic mass is 35.5. The van der Waals surface area contributed by atoms with E-state index >= 15 is 0 Å². The zero-order valence-corrected chi connectivity index (χ0v) is 18.3. The van der Waals surface area contributed by atoms with E-state index in [-0.39, 0.29) is 25.0 Å². The van der Waals surface area contributed by atoms with Gasteiger partial charge in [-0.15, -0.1) is 12.4 Å². The summed E-state index contributed by atoms with van der Waals surface area (Å²) < 4.78 is 16.3. The quantitative estimate of drug-likeness (QED) is 0.571. The van der Waals surface area contributed by atoms with E-state index in [1.165, 1.54) is 12.8 Å². The number of esters is 1. The van der Waals surface area contributed by atoms with Crippen LogP contribution in [0.2, 0.25) is 0 Å². The van der Waals surface area contributed by atoms with E-state index in [4.69, 9.17) is 14.2 Å². The van der Waals surface area contributed by atoms with Crippen LogP contribution in [0.4, 0.5) is 5.95 Å². The van der Waals surface area contributed by atoms with Gasteiger partial charge in [0.25, 0.3) is 0 Å². The Morgan fingerprint density at radius 3 is 2.35 bits per heavy atom. The normalized spacial score (nSPS) is 15.4. The molecule has 2 aliphatic rings. The van der Waals surface area contributed by atoms with Gasteiger partial charge in [0.2, 0.25) is 5.95 Å². The highest BCUT2D eigenvalue weighted by Gasteiger charge is 2.28. The Morgan fingerprint density at radius 2 is 1.68 bits per heavy atom. The Bertz CT molecular complexity index is 1130. The standard InChI is InChI=1S/C23H23N3O4.ClH/c1-28-18-8-13-7-14-12-30-22(27)21(14)20(17(13)9-19(18)29-2)15-10-24-23(25-11-15)26-16-5-3-4-6-16;/h7-11,16H,3-6,12H2,1-2H3,(H,24,25,26);1H. The lowest BCUT2D eigenvalue weighted by molar-refractivity contribution is 0.0535. The van der Waals surface area contributed by atoms with Gasteiger partial charge in [0.1, 0.15) is 6.61 Å². The zero-order valence-electron chi connectivity index (χ0n) is 17.4. The minimum atomic E-state index is -0.329. The summed E-state index contributed by atoms with van der Waals surface area (Å²) in [7, 11) is 3.20. The number of anilines is 1. The largest absolute Gasteiger partial charge is 0.493 e. The van der Waals surface area contributed by atoms with Gasteiger partial charge in [-0.2, -0.15) is 0 Å². The molecule has 8 heteroatoms. The fourth-order valence-electron chi connectivity index (χ4n) is 4.43. The molecule has 0 amide bonds. The van der Waals surface area contributed by atoms with Crippen LogP contribution in [0.3, 0.4) is 0 Å². The number of carbonyl (C=O) groups excluding carboxylic acids is 1. The van der Waals surface area contributed by atoms with Crippen molar-refractivity contribution in [3.05, 3.63) is 41.7 Å². The number of hydrogen-bond donors (Lipinski definition) is 1. The lowest BCUT2D eigenvalue weighted by Crippen LogP contribution is -2.16. The second-order valence-electron chi connectivity index (χ2n) is 7.71. The third kappa shape index (κ3) is 3.74. The third-order valence-electron chi connectivity index (χ3n) is 5.92. The summed E-state index contributed by atoms with van der Waals surface area (Å²) in [6.07, 6.45) is 8.31. The minimum Gasteiger partial charge on any atom is -0.493 e. The fourth-order valence-corrected chi connectivity index (χ4v) is 4.43. The number of halogens is 1. The van der Waals surface area contributed by atoms with Crippen LogP contribution in [0.5, 0.6) is 11.5 Å². The lowest BCUT2D eigenvalue weighted by Gasteiger charge is -2.15. The van der Waals surface area contributed by atoms with Crippen molar-refractivity contribution in [1.82, 2.24) is 9.97 Å². The van der Waals surface area contributed by atoms with Crippen molar-refractivity contribution in [2.45, 2.75) is 38.3 Å². The number of hydrogen-bond acceptors (Lipinski definition) is 7. The number of aromatic nitrogens is 2. The smallest absolute Gasteiger partial charge is 0.339 e. The maximum absolute atomic E-state index is 12.5. The summed E-state index contributed by atoms with van der Waals surface area (Å²) >= 11 is 0. The highest BCUT2D eigenvalue weighted by molar-refractivity contribution is 6.11. The van der Waals surface area contributed by atoms with Crippen LogP contribution in [0.15, 0.2) is 30.6 Å². The summed E-state index contributed by atoms with van der Waals surface area (Å²) in [4.78, 5) is 21.6. The van der Waals surface area contributed by atoms with Crippen molar-refractivity contribution in [3.8, 4) is 22.6 Å². The molecule has 0 atom stereocenters. The third-order valence-corrected chi connectivity index (χ3v) is 5.92. The summed E-state index contributed by atoms with van der Waals surface area (Å²) in [5.41, 5.74) is 2.94. The number of fused-ring (bicyclic) bond motifs is 2. The Hall–Kier alpha value is -3.06. The van der Waals surface area contributed by atoms with Crippen molar-refractivity contribution in [3.63, 3.8) is 0 Å². The molecule has 7 nitrogen and oxygen atoms in total. The van der Waals surface area contributed by atoms with Gasteiger partial charge in [0.05, 0.1) is 19.8 Å². The summed E-state index contributed by atoms with van der Waals surface area (Å²) in [5, 5.41) is 5.20. The topological polar surface area (TPSA) is 82.6 Å². The molecule has 0 spiro atoms. The van der Waals surface area contributed by atoms with Gasteiger partial charge in [-0.05, 0) is 41.8 Å². The predicted octanol–water partition coefficient (Wildman–Crippen LogP) is 4.76. The molecule has 0 bridgehead atoms. The van der Waals surface area contributed by atoms with E-state index in [9.17, 15) is 4.79 Å². The van der Waals surface area contributed by atoms with Crippen LogP contribution in [-0.4, -0.2) is 36.2 Å². The molecule has 1 aromatic heterocycles. The van der Waals surface area contributed by atoms with Crippen molar-refractivity contribution in [2.24, 2.45) is 0 Å². The summed E-state index contributed by atoms with van der Waals surface area (Å²) in [5.74, 6) is 1.51. The van der Waals surface area contributed by atoms with Crippen LogP contribution >= 0.6 is 12.4 Å². The number of nitrogens with one attached hydrogen (secondary N) is 1. The first-order chi connectivity index (χ1) is 14.7. The molecule has 1 N–H and O–H groups in total. The van der Waals surface area contributed by atoms with Gasteiger partial charge < -0.3 is 19.5 Å². The zero-order chi connectivity index (χ0) is 20.7. The number of methoxy groups -OCH3 is 2. The predicted molar refractivity (Wildman–Crippen MR) is 120 cm³/mol. The van der Waals surface area contributed by atoms with E-state index in [2.05, 4.69) is 15.3 Å². The fraction of sp³-hybridized carbons (Fsp3) is 0.348. The summed E-state index contributed by atoms with van der Waals surface area (Å²) in [6.45, 7) is 0.258. The first-order valence-corrected chi connectivity index (χ1v) is 10.2. The maximum Gasteiger partial charge on any atom is 0.339 e. The van der Waals surface area contributed by atoms with Gasteiger partial charge in [-0.1, -0.05) is 12.8 Å². The Morgan fingerprint density at radius 1 is 1.00 bits per heavy atom. The average molecular weight is 442 g/mol. The highest BCUT2D eigenvalue weighted by Crippen LogP contribution is 2.42. The van der Waals surface area contributed by atoms with E-state index < -0.39 is 0 Å². The van der Waals surface area contributed by atoms with E-state index in [1.54, 1.807) is 26.6 Å². The Balaban J connectivity index is 0.00000231. The number of carbonyl (C=O) groups is 1. The van der Waals surface area contributed by atoms with E-state index in [0.29, 0.717) is 29.1 Å². The molecule has 1 fully saturated rings. The van der Waals surface area contributed by atoms with Crippen LogP contribution in [0.1, 0.15) is 41.6 Å². The van der Waals surface area contributed by atoms with Crippen LogP contribution in [-0.2, 0) is 11.3 Å². The molecule has 2 aromatic carbocycles. The molecule has 5 rings (SSSR count). The molecular formula is C23H24ClN3O4. The second kappa shape index (κ2) is 8.59. The molecule has 2 heterocycles.